The molecule has 1 nitrogen and oxygen atoms in total. The van der Waals surface area contributed by atoms with Crippen LogP contribution < -0.4 is 0 Å². The van der Waals surface area contributed by atoms with Gasteiger partial charge in [-0.2, -0.15) is 0 Å². The smallest absolute Gasteiger partial charge is 0.220 e. The summed E-state index contributed by atoms with van der Waals surface area (Å²) < 4.78 is 5.93. The minimum Gasteiger partial charge on any atom is -0.479 e. The predicted molar refractivity (Wildman–Crippen MR) is 51.6 cm³/mol. The van der Waals surface area contributed by atoms with Gasteiger partial charge in [-0.05, 0) is 19.1 Å². The molecule has 0 fully saturated rings. The molecule has 0 N–H and O–H groups in total. The molecule has 0 aromatic heterocycles. The maximum absolute atomic E-state index is 5.11. The van der Waals surface area contributed by atoms with Crippen molar-refractivity contribution >= 4 is 28.4 Å². The third-order valence-electron chi connectivity index (χ3n) is 0.652. The van der Waals surface area contributed by atoms with Crippen LogP contribution in [0, 0.1) is 0 Å². The van der Waals surface area contributed by atoms with E-state index in [9.17, 15) is 0 Å². The van der Waals surface area contributed by atoms with Crippen LogP contribution in [0.4, 0.5) is 0 Å². The quantitative estimate of drug-likeness (QED) is 0.571. The van der Waals surface area contributed by atoms with Crippen LogP contribution in [0.2, 0.25) is 0 Å². The van der Waals surface area contributed by atoms with Crippen LogP contribution in [0.5, 0.6) is 0 Å². The van der Waals surface area contributed by atoms with Crippen LogP contribution >= 0.6 is 24.0 Å². The van der Waals surface area contributed by atoms with Gasteiger partial charge in [0.15, 0.2) is 0 Å². The molecule has 0 unspecified atom stereocenters. The molecule has 0 saturated carbocycles. The second-order valence-electron chi connectivity index (χ2n) is 2.90. The monoisotopic (exact) mass is 178 g/mol. The van der Waals surface area contributed by atoms with E-state index in [1.54, 1.807) is 11.8 Å². The fraction of sp³-hybridized carbons (Fsp3) is 0.857. The van der Waals surface area contributed by atoms with E-state index in [0.29, 0.717) is 11.0 Å². The van der Waals surface area contributed by atoms with Gasteiger partial charge in [-0.3, -0.25) is 0 Å². The maximum atomic E-state index is 5.11. The summed E-state index contributed by atoms with van der Waals surface area (Å²) in [4.78, 5) is 0. The average Bonchev–Trinajstić information content (AvgIpc) is 1.59. The molecule has 0 aromatic rings. The van der Waals surface area contributed by atoms with Gasteiger partial charge in [0.1, 0.15) is 0 Å². The molecule has 0 saturated heterocycles. The lowest BCUT2D eigenvalue weighted by Gasteiger charge is -2.17. The van der Waals surface area contributed by atoms with Crippen molar-refractivity contribution in [2.24, 2.45) is 0 Å². The average molecular weight is 178 g/mol. The highest BCUT2D eigenvalue weighted by molar-refractivity contribution is 8.23. The normalized spacial score (nSPS) is 11.2. The molecule has 0 rings (SSSR count). The topological polar surface area (TPSA) is 9.23 Å². The molecule has 0 amide bonds. The van der Waals surface area contributed by atoms with E-state index < -0.39 is 0 Å². The minimum atomic E-state index is 0.173. The predicted octanol–water partition coefficient (Wildman–Crippen LogP) is 2.84. The Labute approximate surface area is 72.5 Å². The Kier molecular flexibility index (Phi) is 4.29. The van der Waals surface area contributed by atoms with E-state index >= 15 is 0 Å². The van der Waals surface area contributed by atoms with E-state index in [-0.39, 0.29) is 4.75 Å². The Bertz CT molecular complexity index is 115. The molecule has 0 aliphatic heterocycles. The molecule has 0 atom stereocenters. The molecule has 0 heterocycles. The van der Waals surface area contributed by atoms with Crippen molar-refractivity contribution < 1.29 is 4.74 Å². The Morgan fingerprint density at radius 3 is 2.30 bits per heavy atom. The molecule has 10 heavy (non-hydrogen) atoms. The van der Waals surface area contributed by atoms with Crippen molar-refractivity contribution in [1.82, 2.24) is 0 Å². The van der Waals surface area contributed by atoms with Crippen LogP contribution in [0.25, 0.3) is 0 Å². The van der Waals surface area contributed by atoms with Gasteiger partial charge in [-0.15, -0.1) is 0 Å². The number of thiocarbonyl (C=S) groups is 1. The maximum Gasteiger partial charge on any atom is 0.220 e. The number of thioether (sulfide) groups is 1. The van der Waals surface area contributed by atoms with Gasteiger partial charge in [0.05, 0.1) is 6.61 Å². The van der Waals surface area contributed by atoms with E-state index in [2.05, 4.69) is 20.8 Å². The van der Waals surface area contributed by atoms with Crippen molar-refractivity contribution in [3.05, 3.63) is 0 Å². The zero-order chi connectivity index (χ0) is 8.20. The van der Waals surface area contributed by atoms with Gasteiger partial charge in [-0.1, -0.05) is 32.5 Å². The summed E-state index contributed by atoms with van der Waals surface area (Å²) in [5.41, 5.74) is 0. The third-order valence-corrected chi connectivity index (χ3v) is 1.92. The summed E-state index contributed by atoms with van der Waals surface area (Å²) in [6.45, 7) is 8.95. The molecule has 0 spiro atoms. The number of rotatable bonds is 1. The lowest BCUT2D eigenvalue weighted by atomic mass is 10.3. The Morgan fingerprint density at radius 2 is 2.00 bits per heavy atom. The first kappa shape index (κ1) is 10.2. The second kappa shape index (κ2) is 4.19. The van der Waals surface area contributed by atoms with Crippen molar-refractivity contribution in [1.29, 1.82) is 0 Å². The molecule has 3 heteroatoms. The highest BCUT2D eigenvalue weighted by Gasteiger charge is 2.14. The molecule has 0 radical (unpaired) electrons. The van der Waals surface area contributed by atoms with E-state index in [1.807, 2.05) is 6.92 Å². The highest BCUT2D eigenvalue weighted by atomic mass is 32.2. The number of hydrogen-bond acceptors (Lipinski definition) is 3. The van der Waals surface area contributed by atoms with Gasteiger partial charge in [0, 0.05) is 4.75 Å². The van der Waals surface area contributed by atoms with Crippen molar-refractivity contribution in [2.75, 3.05) is 6.61 Å². The van der Waals surface area contributed by atoms with Gasteiger partial charge in [0.2, 0.25) is 4.38 Å². The molecule has 0 bridgehead atoms. The molecular formula is C7H14OS2. The van der Waals surface area contributed by atoms with Crippen LogP contribution in [0.15, 0.2) is 0 Å². The summed E-state index contributed by atoms with van der Waals surface area (Å²) in [6, 6.07) is 0. The van der Waals surface area contributed by atoms with E-state index in [4.69, 9.17) is 17.0 Å². The summed E-state index contributed by atoms with van der Waals surface area (Å²) in [5.74, 6) is 0. The van der Waals surface area contributed by atoms with Gasteiger partial charge in [-0.25, -0.2) is 0 Å². The zero-order valence-electron chi connectivity index (χ0n) is 6.93. The van der Waals surface area contributed by atoms with Gasteiger partial charge < -0.3 is 4.74 Å². The molecule has 60 valence electrons. The second-order valence-corrected chi connectivity index (χ2v) is 5.33. The van der Waals surface area contributed by atoms with E-state index in [0.717, 1.165) is 0 Å². The Hall–Kier alpha value is 0.240. The third kappa shape index (κ3) is 6.36. The van der Waals surface area contributed by atoms with Crippen LogP contribution in [0.1, 0.15) is 27.7 Å². The minimum absolute atomic E-state index is 0.173. The Morgan fingerprint density at radius 1 is 1.50 bits per heavy atom. The molecule has 0 aromatic carbocycles. The molecule has 0 aliphatic rings. The molecule has 0 aliphatic carbocycles. The fourth-order valence-corrected chi connectivity index (χ4v) is 1.94. The van der Waals surface area contributed by atoms with E-state index in [1.165, 1.54) is 0 Å². The molecular weight excluding hydrogens is 164 g/mol. The van der Waals surface area contributed by atoms with Crippen molar-refractivity contribution in [3.8, 4) is 0 Å². The lowest BCUT2D eigenvalue weighted by molar-refractivity contribution is 0.346. The summed E-state index contributed by atoms with van der Waals surface area (Å²) in [7, 11) is 0. The van der Waals surface area contributed by atoms with Crippen molar-refractivity contribution in [3.63, 3.8) is 0 Å². The summed E-state index contributed by atoms with van der Waals surface area (Å²) in [5, 5.41) is 0. The summed E-state index contributed by atoms with van der Waals surface area (Å²) in [6.07, 6.45) is 0. The SMILES string of the molecule is CCOC(=S)SC(C)(C)C. The standard InChI is InChI=1S/C7H14OS2/c1-5-8-6(9)10-7(2,3)4/h5H2,1-4H3. The largest absolute Gasteiger partial charge is 0.479 e. The number of hydrogen-bond donors (Lipinski definition) is 0. The first-order valence-corrected chi connectivity index (χ1v) is 4.54. The van der Waals surface area contributed by atoms with Crippen LogP contribution in [-0.4, -0.2) is 15.7 Å². The van der Waals surface area contributed by atoms with Crippen molar-refractivity contribution in [2.45, 2.75) is 32.4 Å². The van der Waals surface area contributed by atoms with Crippen LogP contribution in [0.3, 0.4) is 0 Å². The highest BCUT2D eigenvalue weighted by Crippen LogP contribution is 2.24. The first-order chi connectivity index (χ1) is 4.45. The van der Waals surface area contributed by atoms with Gasteiger partial charge in [0.25, 0.3) is 0 Å². The van der Waals surface area contributed by atoms with Crippen LogP contribution in [-0.2, 0) is 4.74 Å². The zero-order valence-corrected chi connectivity index (χ0v) is 8.56. The summed E-state index contributed by atoms with van der Waals surface area (Å²) >= 11 is 6.53. The fourth-order valence-electron chi connectivity index (χ4n) is 0.397. The van der Waals surface area contributed by atoms with Gasteiger partial charge >= 0.3 is 0 Å². The lowest BCUT2D eigenvalue weighted by Crippen LogP contribution is -2.12. The number of ether oxygens (including phenoxy) is 1. The Balaban J connectivity index is 3.58. The first-order valence-electron chi connectivity index (χ1n) is 3.31.